The molecule has 0 radical (unpaired) electrons. The van der Waals surface area contributed by atoms with Gasteiger partial charge in [-0.2, -0.15) is 13.2 Å². The fourth-order valence-electron chi connectivity index (χ4n) is 3.04. The summed E-state index contributed by atoms with van der Waals surface area (Å²) in [6.07, 6.45) is -2.17. The van der Waals surface area contributed by atoms with Crippen LogP contribution in [-0.2, 0) is 21.0 Å². The summed E-state index contributed by atoms with van der Waals surface area (Å²) in [7, 11) is -3.85. The van der Waals surface area contributed by atoms with E-state index in [1.165, 1.54) is 30.3 Å². The molecule has 0 fully saturated rings. The minimum atomic E-state index is -4.64. The van der Waals surface area contributed by atoms with Crippen LogP contribution in [0.2, 0.25) is 0 Å². The summed E-state index contributed by atoms with van der Waals surface area (Å²) in [4.78, 5) is 12.0. The number of aromatic nitrogens is 2. The molecule has 4 aromatic rings. The highest BCUT2D eigenvalue weighted by Gasteiger charge is 2.35. The van der Waals surface area contributed by atoms with Crippen molar-refractivity contribution in [3.63, 3.8) is 0 Å². The lowest BCUT2D eigenvalue weighted by molar-refractivity contribution is -0.138. The number of anilines is 2. The number of halogens is 3. The van der Waals surface area contributed by atoms with Crippen LogP contribution in [0.25, 0.3) is 17.2 Å². The van der Waals surface area contributed by atoms with Crippen molar-refractivity contribution < 1.29 is 26.4 Å². The number of sulfonamides is 1. The Morgan fingerprint density at radius 3 is 2.11 bits per heavy atom. The predicted octanol–water partition coefficient (Wildman–Crippen LogP) is 5.68. The van der Waals surface area contributed by atoms with E-state index in [1.54, 1.807) is 12.1 Å². The summed E-state index contributed by atoms with van der Waals surface area (Å²) >= 11 is 0.208. The zero-order valence-corrected chi connectivity index (χ0v) is 19.9. The largest absolute Gasteiger partial charge is 0.445 e. The predicted molar refractivity (Wildman–Crippen MR) is 132 cm³/mol. The molecule has 0 unspecified atom stereocenters. The van der Waals surface area contributed by atoms with Crippen LogP contribution in [0, 0.1) is 0 Å². The molecule has 1 amide bonds. The van der Waals surface area contributed by atoms with E-state index in [2.05, 4.69) is 20.2 Å². The standard InChI is InChI=1S/C24H17F3N4O3S2/c25-24(26,27)22-29-30-23(35-22)28-21(32)15-8-16-6-13-20(14-7-16)36(33,34)31-19-11-9-18(10-12-19)17-4-2-1-3-5-17/h1-15,31H,(H,28,30,32)/b15-8+. The van der Waals surface area contributed by atoms with Gasteiger partial charge in [0.1, 0.15) is 0 Å². The summed E-state index contributed by atoms with van der Waals surface area (Å²) in [6.45, 7) is 0. The second-order valence-electron chi connectivity index (χ2n) is 7.35. The summed E-state index contributed by atoms with van der Waals surface area (Å²) in [5, 5.41) is 7.00. The maximum absolute atomic E-state index is 12.7. The molecule has 0 saturated heterocycles. The van der Waals surface area contributed by atoms with E-state index >= 15 is 0 Å². The molecule has 2 N–H and O–H groups in total. The highest BCUT2D eigenvalue weighted by Crippen LogP contribution is 2.33. The lowest BCUT2D eigenvalue weighted by Gasteiger charge is -2.09. The Balaban J connectivity index is 1.37. The first-order chi connectivity index (χ1) is 17.1. The zero-order valence-electron chi connectivity index (χ0n) is 18.2. The van der Waals surface area contributed by atoms with Crippen LogP contribution in [-0.4, -0.2) is 24.5 Å². The van der Waals surface area contributed by atoms with E-state index < -0.39 is 27.1 Å². The van der Waals surface area contributed by atoms with Crippen molar-refractivity contribution in [3.05, 3.63) is 95.5 Å². The van der Waals surface area contributed by atoms with Gasteiger partial charge in [0, 0.05) is 11.8 Å². The highest BCUT2D eigenvalue weighted by atomic mass is 32.2. The Hall–Kier alpha value is -4.03. The Morgan fingerprint density at radius 2 is 1.50 bits per heavy atom. The Morgan fingerprint density at radius 1 is 0.861 bits per heavy atom. The fraction of sp³-hybridized carbons (Fsp3) is 0.0417. The smallest absolute Gasteiger partial charge is 0.297 e. The molecule has 0 saturated carbocycles. The maximum atomic E-state index is 12.7. The summed E-state index contributed by atoms with van der Waals surface area (Å²) in [6, 6.07) is 22.4. The topological polar surface area (TPSA) is 101 Å². The van der Waals surface area contributed by atoms with E-state index in [0.717, 1.165) is 17.2 Å². The monoisotopic (exact) mass is 530 g/mol. The van der Waals surface area contributed by atoms with Gasteiger partial charge in [0.2, 0.25) is 16.0 Å². The van der Waals surface area contributed by atoms with Crippen molar-refractivity contribution in [3.8, 4) is 11.1 Å². The lowest BCUT2D eigenvalue weighted by atomic mass is 10.1. The van der Waals surface area contributed by atoms with Gasteiger partial charge in [-0.25, -0.2) is 8.42 Å². The number of carbonyl (C=O) groups is 1. The number of hydrogen-bond acceptors (Lipinski definition) is 6. The Labute approximate surface area is 208 Å². The molecule has 12 heteroatoms. The van der Waals surface area contributed by atoms with Crippen LogP contribution in [0.1, 0.15) is 10.6 Å². The first-order valence-corrected chi connectivity index (χ1v) is 12.6. The number of benzene rings is 3. The van der Waals surface area contributed by atoms with Crippen molar-refractivity contribution in [2.45, 2.75) is 11.1 Å². The molecule has 0 aliphatic heterocycles. The molecule has 0 spiro atoms. The highest BCUT2D eigenvalue weighted by molar-refractivity contribution is 7.92. The number of carbonyl (C=O) groups excluding carboxylic acids is 1. The molecule has 184 valence electrons. The first kappa shape index (κ1) is 25.1. The van der Waals surface area contributed by atoms with Gasteiger partial charge in [0.25, 0.3) is 10.0 Å². The molecule has 1 heterocycles. The number of hydrogen-bond donors (Lipinski definition) is 2. The normalized spacial score (nSPS) is 12.0. The van der Waals surface area contributed by atoms with Crippen molar-refractivity contribution in [2.24, 2.45) is 0 Å². The second-order valence-corrected chi connectivity index (χ2v) is 10.0. The van der Waals surface area contributed by atoms with E-state index in [0.29, 0.717) is 11.3 Å². The molecule has 1 aromatic heterocycles. The third-order valence-corrected chi connectivity index (χ3v) is 7.04. The van der Waals surface area contributed by atoms with Gasteiger partial charge < -0.3 is 0 Å². The number of nitrogens with zero attached hydrogens (tertiary/aromatic N) is 2. The van der Waals surface area contributed by atoms with Crippen LogP contribution in [0.4, 0.5) is 24.0 Å². The third-order valence-electron chi connectivity index (χ3n) is 4.76. The molecule has 0 atom stereocenters. The molecule has 0 bridgehead atoms. The fourth-order valence-corrected chi connectivity index (χ4v) is 4.71. The summed E-state index contributed by atoms with van der Waals surface area (Å²) in [5.74, 6) is -0.711. The molecule has 4 rings (SSSR count). The minimum Gasteiger partial charge on any atom is -0.297 e. The van der Waals surface area contributed by atoms with Crippen LogP contribution < -0.4 is 10.0 Å². The number of amides is 1. The quantitative estimate of drug-likeness (QED) is 0.300. The van der Waals surface area contributed by atoms with Crippen LogP contribution in [0.15, 0.2) is 89.8 Å². The average molecular weight is 531 g/mol. The lowest BCUT2D eigenvalue weighted by Crippen LogP contribution is -2.12. The van der Waals surface area contributed by atoms with Crippen molar-refractivity contribution in [1.29, 1.82) is 0 Å². The Kier molecular flexibility index (Phi) is 7.17. The summed E-state index contributed by atoms with van der Waals surface area (Å²) < 4.78 is 65.7. The maximum Gasteiger partial charge on any atom is 0.445 e. The van der Waals surface area contributed by atoms with Crippen molar-refractivity contribution in [2.75, 3.05) is 10.0 Å². The van der Waals surface area contributed by atoms with E-state index in [-0.39, 0.29) is 21.4 Å². The summed E-state index contributed by atoms with van der Waals surface area (Å²) in [5.41, 5.74) is 2.87. The van der Waals surface area contributed by atoms with E-state index in [9.17, 15) is 26.4 Å². The molecular formula is C24H17F3N4O3S2. The molecule has 0 aliphatic rings. The first-order valence-electron chi connectivity index (χ1n) is 10.3. The van der Waals surface area contributed by atoms with E-state index in [4.69, 9.17) is 0 Å². The van der Waals surface area contributed by atoms with Crippen LogP contribution >= 0.6 is 11.3 Å². The molecule has 36 heavy (non-hydrogen) atoms. The van der Waals surface area contributed by atoms with Crippen molar-refractivity contribution >= 4 is 44.2 Å². The second kappa shape index (κ2) is 10.3. The molecule has 3 aromatic carbocycles. The van der Waals surface area contributed by atoms with Crippen molar-refractivity contribution in [1.82, 2.24) is 10.2 Å². The Bertz CT molecular complexity index is 1480. The molecular weight excluding hydrogens is 513 g/mol. The number of rotatable bonds is 7. The molecule has 7 nitrogen and oxygen atoms in total. The third kappa shape index (κ3) is 6.34. The van der Waals surface area contributed by atoms with Crippen LogP contribution in [0.5, 0.6) is 0 Å². The van der Waals surface area contributed by atoms with Gasteiger partial charge in [0.15, 0.2) is 0 Å². The van der Waals surface area contributed by atoms with E-state index in [1.807, 2.05) is 42.5 Å². The van der Waals surface area contributed by atoms with Gasteiger partial charge in [0.05, 0.1) is 4.90 Å². The zero-order chi connectivity index (χ0) is 25.8. The van der Waals surface area contributed by atoms with Gasteiger partial charge in [-0.05, 0) is 47.0 Å². The van der Waals surface area contributed by atoms with Gasteiger partial charge in [-0.1, -0.05) is 65.9 Å². The molecule has 0 aliphatic carbocycles. The number of alkyl halides is 3. The SMILES string of the molecule is O=C(/C=C/c1ccc(S(=O)(=O)Nc2ccc(-c3ccccc3)cc2)cc1)Nc1nnc(C(F)(F)F)s1. The van der Waals surface area contributed by atoms with Gasteiger partial charge in [-0.3, -0.25) is 14.8 Å². The number of nitrogens with one attached hydrogen (secondary N) is 2. The minimum absolute atomic E-state index is 0.0183. The van der Waals surface area contributed by atoms with Gasteiger partial charge in [-0.15, -0.1) is 10.2 Å². The van der Waals surface area contributed by atoms with Gasteiger partial charge >= 0.3 is 6.18 Å². The van der Waals surface area contributed by atoms with Crippen LogP contribution in [0.3, 0.4) is 0 Å². The average Bonchev–Trinajstić information content (AvgIpc) is 3.33.